The van der Waals surface area contributed by atoms with Gasteiger partial charge in [0.1, 0.15) is 0 Å². The highest BCUT2D eigenvalue weighted by Crippen LogP contribution is 2.25. The van der Waals surface area contributed by atoms with Gasteiger partial charge < -0.3 is 5.32 Å². The molecule has 0 amide bonds. The van der Waals surface area contributed by atoms with Crippen LogP contribution in [0.4, 0.5) is 0 Å². The van der Waals surface area contributed by atoms with Crippen LogP contribution in [0.1, 0.15) is 56.8 Å². The molecule has 0 bridgehead atoms. The Morgan fingerprint density at radius 1 is 1.19 bits per heavy atom. The number of nitrogens with one attached hydrogen (secondary N) is 1. The van der Waals surface area contributed by atoms with Crippen molar-refractivity contribution >= 4 is 9.84 Å². The maximum absolute atomic E-state index is 12.5. The van der Waals surface area contributed by atoms with Gasteiger partial charge in [-0.05, 0) is 58.7 Å². The molecule has 0 aliphatic heterocycles. The van der Waals surface area contributed by atoms with Crippen molar-refractivity contribution < 1.29 is 8.42 Å². The maximum atomic E-state index is 12.5. The number of hydrogen-bond donors (Lipinski definition) is 1. The first-order valence-electron chi connectivity index (χ1n) is 7.61. The van der Waals surface area contributed by atoms with Crippen molar-refractivity contribution in [1.82, 2.24) is 5.32 Å². The minimum Gasteiger partial charge on any atom is -0.309 e. The molecule has 1 atom stereocenters. The number of rotatable bonds is 6. The standard InChI is InChI=1S/C17H29NO2S/c1-7-10-18-16(12-21(19,20)17(4,5)6)15-9-8-13(2)11-14(15)3/h8-9,11,16,18H,7,10,12H2,1-6H3. The predicted molar refractivity (Wildman–Crippen MR) is 90.5 cm³/mol. The van der Waals surface area contributed by atoms with Crippen molar-refractivity contribution in [3.05, 3.63) is 34.9 Å². The summed E-state index contributed by atoms with van der Waals surface area (Å²) in [5, 5.41) is 3.40. The molecule has 0 fully saturated rings. The van der Waals surface area contributed by atoms with Crippen LogP contribution < -0.4 is 5.32 Å². The fraction of sp³-hybridized carbons (Fsp3) is 0.647. The Labute approximate surface area is 130 Å². The molecule has 21 heavy (non-hydrogen) atoms. The zero-order valence-electron chi connectivity index (χ0n) is 14.2. The van der Waals surface area contributed by atoms with E-state index in [9.17, 15) is 8.42 Å². The van der Waals surface area contributed by atoms with Gasteiger partial charge in [0.05, 0.1) is 10.5 Å². The summed E-state index contributed by atoms with van der Waals surface area (Å²) in [7, 11) is -3.16. The van der Waals surface area contributed by atoms with Crippen LogP contribution in [0, 0.1) is 13.8 Å². The molecule has 0 spiro atoms. The van der Waals surface area contributed by atoms with Crippen LogP contribution in [0.3, 0.4) is 0 Å². The second-order valence-electron chi connectivity index (χ2n) is 6.76. The molecule has 0 aromatic heterocycles. The molecule has 0 saturated heterocycles. The van der Waals surface area contributed by atoms with Crippen LogP contribution in [0.5, 0.6) is 0 Å². The van der Waals surface area contributed by atoms with Gasteiger partial charge in [-0.1, -0.05) is 30.7 Å². The molecular formula is C17H29NO2S. The minimum absolute atomic E-state index is 0.139. The van der Waals surface area contributed by atoms with E-state index in [2.05, 4.69) is 31.3 Å². The molecule has 0 saturated carbocycles. The van der Waals surface area contributed by atoms with Crippen molar-refractivity contribution in [2.24, 2.45) is 0 Å². The largest absolute Gasteiger partial charge is 0.309 e. The van der Waals surface area contributed by atoms with Crippen LogP contribution in [0.15, 0.2) is 18.2 Å². The number of sulfone groups is 1. The molecule has 120 valence electrons. The second-order valence-corrected chi connectivity index (χ2v) is 9.55. The number of aryl methyl sites for hydroxylation is 2. The first kappa shape index (κ1) is 18.2. The second kappa shape index (κ2) is 6.93. The van der Waals surface area contributed by atoms with E-state index in [4.69, 9.17) is 0 Å². The van der Waals surface area contributed by atoms with E-state index < -0.39 is 14.6 Å². The molecule has 0 aliphatic carbocycles. The average molecular weight is 311 g/mol. The Morgan fingerprint density at radius 3 is 2.29 bits per heavy atom. The Balaban J connectivity index is 3.12. The highest BCUT2D eigenvalue weighted by molar-refractivity contribution is 7.92. The van der Waals surface area contributed by atoms with Gasteiger partial charge in [-0.2, -0.15) is 0 Å². The van der Waals surface area contributed by atoms with Gasteiger partial charge in [-0.25, -0.2) is 8.42 Å². The average Bonchev–Trinajstić information content (AvgIpc) is 2.33. The monoisotopic (exact) mass is 311 g/mol. The van der Waals surface area contributed by atoms with Crippen molar-refractivity contribution in [2.45, 2.75) is 58.8 Å². The molecule has 1 unspecified atom stereocenters. The summed E-state index contributed by atoms with van der Waals surface area (Å²) in [6, 6.07) is 6.07. The van der Waals surface area contributed by atoms with Gasteiger partial charge in [0.2, 0.25) is 0 Å². The fourth-order valence-corrected chi connectivity index (χ4v) is 3.50. The first-order valence-corrected chi connectivity index (χ1v) is 9.26. The van der Waals surface area contributed by atoms with Crippen molar-refractivity contribution in [3.8, 4) is 0 Å². The minimum atomic E-state index is -3.16. The van der Waals surface area contributed by atoms with Gasteiger partial charge in [-0.15, -0.1) is 0 Å². The van der Waals surface area contributed by atoms with Crippen LogP contribution >= 0.6 is 0 Å². The third-order valence-corrected chi connectivity index (χ3v) is 6.40. The molecule has 0 heterocycles. The number of benzene rings is 1. The van der Waals surface area contributed by atoms with E-state index in [1.54, 1.807) is 20.8 Å². The van der Waals surface area contributed by atoms with E-state index >= 15 is 0 Å². The molecule has 3 nitrogen and oxygen atoms in total. The SMILES string of the molecule is CCCNC(CS(=O)(=O)C(C)(C)C)c1ccc(C)cc1C. The first-order chi connectivity index (χ1) is 9.58. The van der Waals surface area contributed by atoms with E-state index in [-0.39, 0.29) is 11.8 Å². The van der Waals surface area contributed by atoms with E-state index in [1.807, 2.05) is 13.0 Å². The lowest BCUT2D eigenvalue weighted by atomic mass is 10.00. The lowest BCUT2D eigenvalue weighted by Gasteiger charge is -2.26. The van der Waals surface area contributed by atoms with E-state index in [1.165, 1.54) is 5.56 Å². The van der Waals surface area contributed by atoms with Gasteiger partial charge in [-0.3, -0.25) is 0 Å². The van der Waals surface area contributed by atoms with Gasteiger partial charge >= 0.3 is 0 Å². The fourth-order valence-electron chi connectivity index (χ4n) is 2.26. The summed E-state index contributed by atoms with van der Waals surface area (Å²) < 4.78 is 24.3. The van der Waals surface area contributed by atoms with Crippen molar-refractivity contribution in [3.63, 3.8) is 0 Å². The van der Waals surface area contributed by atoms with Crippen LogP contribution in [-0.4, -0.2) is 25.5 Å². The maximum Gasteiger partial charge on any atom is 0.157 e. The molecule has 0 aliphatic rings. The molecule has 1 aromatic rings. The van der Waals surface area contributed by atoms with Crippen molar-refractivity contribution in [1.29, 1.82) is 0 Å². The van der Waals surface area contributed by atoms with Gasteiger partial charge in [0, 0.05) is 6.04 Å². The Bertz CT molecular complexity index is 571. The van der Waals surface area contributed by atoms with Gasteiger partial charge in [0.15, 0.2) is 9.84 Å². The number of hydrogen-bond acceptors (Lipinski definition) is 3. The molecular weight excluding hydrogens is 282 g/mol. The lowest BCUT2D eigenvalue weighted by molar-refractivity contribution is 0.525. The predicted octanol–water partition coefficient (Wildman–Crippen LogP) is 3.56. The summed E-state index contributed by atoms with van der Waals surface area (Å²) in [5.41, 5.74) is 3.43. The topological polar surface area (TPSA) is 46.2 Å². The molecule has 0 radical (unpaired) electrons. The summed E-state index contributed by atoms with van der Waals surface area (Å²) in [6.45, 7) is 12.3. The Hall–Kier alpha value is -0.870. The Kier molecular flexibility index (Phi) is 6.00. The third kappa shape index (κ3) is 4.82. The summed E-state index contributed by atoms with van der Waals surface area (Å²) in [5.74, 6) is 0.139. The van der Waals surface area contributed by atoms with E-state index in [0.29, 0.717) is 0 Å². The van der Waals surface area contributed by atoms with Crippen molar-refractivity contribution in [2.75, 3.05) is 12.3 Å². The summed E-state index contributed by atoms with van der Waals surface area (Å²) in [6.07, 6.45) is 0.983. The third-order valence-electron chi connectivity index (χ3n) is 3.76. The highest BCUT2D eigenvalue weighted by atomic mass is 32.2. The highest BCUT2D eigenvalue weighted by Gasteiger charge is 2.32. The zero-order chi connectivity index (χ0) is 16.3. The molecule has 1 rings (SSSR count). The van der Waals surface area contributed by atoms with Crippen LogP contribution in [-0.2, 0) is 9.84 Å². The van der Waals surface area contributed by atoms with Crippen LogP contribution in [0.2, 0.25) is 0 Å². The lowest BCUT2D eigenvalue weighted by Crippen LogP contribution is -2.37. The molecule has 4 heteroatoms. The molecule has 1 N–H and O–H groups in total. The zero-order valence-corrected chi connectivity index (χ0v) is 15.0. The summed E-state index contributed by atoms with van der Waals surface area (Å²) in [4.78, 5) is 0. The Morgan fingerprint density at radius 2 is 1.81 bits per heavy atom. The molecule has 1 aromatic carbocycles. The summed E-state index contributed by atoms with van der Waals surface area (Å²) >= 11 is 0. The van der Waals surface area contributed by atoms with E-state index in [0.717, 1.165) is 24.1 Å². The van der Waals surface area contributed by atoms with Crippen LogP contribution in [0.25, 0.3) is 0 Å². The smallest absolute Gasteiger partial charge is 0.157 e. The normalized spacial score (nSPS) is 14.2. The van der Waals surface area contributed by atoms with Gasteiger partial charge in [0.25, 0.3) is 0 Å². The quantitative estimate of drug-likeness (QED) is 0.874.